The third kappa shape index (κ3) is 3.42. The van der Waals surface area contributed by atoms with Crippen LogP contribution in [0.5, 0.6) is 0 Å². The molecule has 0 amide bonds. The summed E-state index contributed by atoms with van der Waals surface area (Å²) >= 11 is 3.16. The van der Waals surface area contributed by atoms with Gasteiger partial charge in [-0.05, 0) is 40.4 Å². The molecule has 0 bridgehead atoms. The lowest BCUT2D eigenvalue weighted by atomic mass is 9.86. The molecule has 19 heavy (non-hydrogen) atoms. The normalized spacial score (nSPS) is 18.9. The predicted octanol–water partition coefficient (Wildman–Crippen LogP) is 3.79. The van der Waals surface area contributed by atoms with Crippen molar-refractivity contribution in [2.75, 3.05) is 0 Å². The van der Waals surface area contributed by atoms with Gasteiger partial charge in [0.15, 0.2) is 5.78 Å². The van der Waals surface area contributed by atoms with Crippen LogP contribution in [0.3, 0.4) is 0 Å². The lowest BCUT2D eigenvalue weighted by Crippen LogP contribution is -2.39. The molecule has 104 valence electrons. The van der Waals surface area contributed by atoms with E-state index in [-0.39, 0.29) is 18.0 Å². The van der Waals surface area contributed by atoms with Crippen LogP contribution in [0.1, 0.15) is 44.1 Å². The average Bonchev–Trinajstić information content (AvgIpc) is 2.61. The number of Topliss-reactive ketones (excluding diaryl/α,β-unsaturated/α-hetero) is 1. The summed E-state index contributed by atoms with van der Waals surface area (Å²) in [6.45, 7) is 0. The SMILES string of the molecule is O=C(Cc1cccc(F)c1Br)C1(O)CCCCCC1. The van der Waals surface area contributed by atoms with Gasteiger partial charge >= 0.3 is 0 Å². The molecule has 1 aliphatic carbocycles. The van der Waals surface area contributed by atoms with Gasteiger partial charge in [0.1, 0.15) is 11.4 Å². The first-order valence-electron chi connectivity index (χ1n) is 6.71. The molecule has 1 N–H and O–H groups in total. The van der Waals surface area contributed by atoms with Crippen molar-refractivity contribution in [3.8, 4) is 0 Å². The Morgan fingerprint density at radius 2 is 1.89 bits per heavy atom. The van der Waals surface area contributed by atoms with E-state index in [2.05, 4.69) is 15.9 Å². The van der Waals surface area contributed by atoms with Crippen LogP contribution in [-0.4, -0.2) is 16.5 Å². The number of ketones is 1. The van der Waals surface area contributed by atoms with E-state index < -0.39 is 5.60 Å². The van der Waals surface area contributed by atoms with E-state index in [1.807, 2.05) is 0 Å². The van der Waals surface area contributed by atoms with E-state index in [1.165, 1.54) is 6.07 Å². The third-order valence-electron chi connectivity index (χ3n) is 3.83. The minimum atomic E-state index is -1.22. The van der Waals surface area contributed by atoms with Crippen LogP contribution >= 0.6 is 15.9 Å². The van der Waals surface area contributed by atoms with Crippen LogP contribution in [0.25, 0.3) is 0 Å². The Bertz CT molecular complexity index is 465. The van der Waals surface area contributed by atoms with Gasteiger partial charge in [0.2, 0.25) is 0 Å². The van der Waals surface area contributed by atoms with Gasteiger partial charge in [0.05, 0.1) is 4.47 Å². The summed E-state index contributed by atoms with van der Waals surface area (Å²) in [6, 6.07) is 4.64. The Labute approximate surface area is 121 Å². The van der Waals surface area contributed by atoms with Crippen LogP contribution in [0, 0.1) is 5.82 Å². The molecule has 1 aromatic carbocycles. The van der Waals surface area contributed by atoms with Crippen LogP contribution in [-0.2, 0) is 11.2 Å². The minimum absolute atomic E-state index is 0.0782. The van der Waals surface area contributed by atoms with Gasteiger partial charge in [0.25, 0.3) is 0 Å². The number of hydrogen-bond donors (Lipinski definition) is 1. The molecule has 1 fully saturated rings. The molecular formula is C15H18BrFO2. The molecule has 0 aliphatic heterocycles. The Balaban J connectivity index is 2.13. The molecule has 0 heterocycles. The maximum atomic E-state index is 13.4. The Kier molecular flexibility index (Phi) is 4.74. The fraction of sp³-hybridized carbons (Fsp3) is 0.533. The molecule has 0 saturated heterocycles. The largest absolute Gasteiger partial charge is 0.382 e. The first-order chi connectivity index (χ1) is 9.03. The molecule has 1 aromatic rings. The van der Waals surface area contributed by atoms with Gasteiger partial charge in [-0.15, -0.1) is 0 Å². The van der Waals surface area contributed by atoms with Gasteiger partial charge in [0, 0.05) is 6.42 Å². The quantitative estimate of drug-likeness (QED) is 0.857. The zero-order valence-corrected chi connectivity index (χ0v) is 12.4. The Morgan fingerprint density at radius 3 is 2.53 bits per heavy atom. The summed E-state index contributed by atoms with van der Waals surface area (Å²) < 4.78 is 13.7. The van der Waals surface area contributed by atoms with Gasteiger partial charge < -0.3 is 5.11 Å². The number of aliphatic hydroxyl groups is 1. The van der Waals surface area contributed by atoms with Crippen molar-refractivity contribution in [1.29, 1.82) is 0 Å². The summed E-state index contributed by atoms with van der Waals surface area (Å²) in [5.74, 6) is -0.571. The number of carbonyl (C=O) groups excluding carboxylic acids is 1. The molecule has 2 nitrogen and oxygen atoms in total. The predicted molar refractivity (Wildman–Crippen MR) is 75.5 cm³/mol. The number of rotatable bonds is 3. The Hall–Kier alpha value is -0.740. The van der Waals surface area contributed by atoms with Crippen molar-refractivity contribution < 1.29 is 14.3 Å². The first kappa shape index (κ1) is 14.7. The Morgan fingerprint density at radius 1 is 1.26 bits per heavy atom. The van der Waals surface area contributed by atoms with Crippen LogP contribution < -0.4 is 0 Å². The molecule has 4 heteroatoms. The van der Waals surface area contributed by atoms with E-state index >= 15 is 0 Å². The highest BCUT2D eigenvalue weighted by atomic mass is 79.9. The maximum Gasteiger partial charge on any atom is 0.168 e. The maximum absolute atomic E-state index is 13.4. The smallest absolute Gasteiger partial charge is 0.168 e. The molecule has 1 saturated carbocycles. The van der Waals surface area contributed by atoms with E-state index in [0.29, 0.717) is 22.9 Å². The van der Waals surface area contributed by atoms with E-state index in [0.717, 1.165) is 25.7 Å². The zero-order valence-electron chi connectivity index (χ0n) is 10.8. The van der Waals surface area contributed by atoms with E-state index in [1.54, 1.807) is 12.1 Å². The summed E-state index contributed by atoms with van der Waals surface area (Å²) in [5, 5.41) is 10.5. The van der Waals surface area contributed by atoms with Crippen molar-refractivity contribution in [3.63, 3.8) is 0 Å². The summed E-state index contributed by atoms with van der Waals surface area (Å²) in [7, 11) is 0. The van der Waals surface area contributed by atoms with Crippen molar-refractivity contribution in [2.24, 2.45) is 0 Å². The number of benzene rings is 1. The summed E-state index contributed by atoms with van der Waals surface area (Å²) in [5.41, 5.74) is -0.620. The van der Waals surface area contributed by atoms with Crippen LogP contribution in [0.2, 0.25) is 0 Å². The third-order valence-corrected chi connectivity index (χ3v) is 4.72. The second-order valence-corrected chi connectivity index (χ2v) is 6.05. The standard InChI is InChI=1S/C15H18BrFO2/c16-14-11(6-5-7-12(14)17)10-13(18)15(19)8-3-1-2-4-9-15/h5-7,19H,1-4,8-10H2. The molecule has 0 radical (unpaired) electrons. The number of hydrogen-bond acceptors (Lipinski definition) is 2. The topological polar surface area (TPSA) is 37.3 Å². The minimum Gasteiger partial charge on any atom is -0.382 e. The monoisotopic (exact) mass is 328 g/mol. The average molecular weight is 329 g/mol. The van der Waals surface area contributed by atoms with Gasteiger partial charge in [-0.1, -0.05) is 37.8 Å². The van der Waals surface area contributed by atoms with Crippen molar-refractivity contribution >= 4 is 21.7 Å². The second kappa shape index (κ2) is 6.14. The number of halogens is 2. The molecule has 0 unspecified atom stereocenters. The molecule has 0 aromatic heterocycles. The molecule has 2 rings (SSSR count). The summed E-state index contributed by atoms with van der Waals surface area (Å²) in [6.07, 6.45) is 5.03. The highest BCUT2D eigenvalue weighted by Crippen LogP contribution is 2.30. The van der Waals surface area contributed by atoms with Gasteiger partial charge in [-0.25, -0.2) is 4.39 Å². The second-order valence-electron chi connectivity index (χ2n) is 5.26. The van der Waals surface area contributed by atoms with Crippen molar-refractivity contribution in [2.45, 2.75) is 50.5 Å². The molecular weight excluding hydrogens is 311 g/mol. The van der Waals surface area contributed by atoms with Crippen LogP contribution in [0.4, 0.5) is 4.39 Å². The highest BCUT2D eigenvalue weighted by Gasteiger charge is 2.35. The summed E-state index contributed by atoms with van der Waals surface area (Å²) in [4.78, 5) is 12.3. The van der Waals surface area contributed by atoms with Gasteiger partial charge in [-0.3, -0.25) is 4.79 Å². The van der Waals surface area contributed by atoms with E-state index in [4.69, 9.17) is 0 Å². The highest BCUT2D eigenvalue weighted by molar-refractivity contribution is 9.10. The van der Waals surface area contributed by atoms with Crippen molar-refractivity contribution in [1.82, 2.24) is 0 Å². The molecule has 0 atom stereocenters. The fourth-order valence-electron chi connectivity index (χ4n) is 2.61. The van der Waals surface area contributed by atoms with E-state index in [9.17, 15) is 14.3 Å². The van der Waals surface area contributed by atoms with Crippen molar-refractivity contribution in [3.05, 3.63) is 34.1 Å². The van der Waals surface area contributed by atoms with Crippen LogP contribution in [0.15, 0.2) is 22.7 Å². The lowest BCUT2D eigenvalue weighted by molar-refractivity contribution is -0.138. The fourth-order valence-corrected chi connectivity index (χ4v) is 3.02. The molecule has 1 aliphatic rings. The molecule has 0 spiro atoms. The van der Waals surface area contributed by atoms with Gasteiger partial charge in [-0.2, -0.15) is 0 Å². The number of carbonyl (C=O) groups is 1. The lowest BCUT2D eigenvalue weighted by Gasteiger charge is -2.25. The zero-order chi connectivity index (χ0) is 13.9. The first-order valence-corrected chi connectivity index (χ1v) is 7.51.